The van der Waals surface area contributed by atoms with Gasteiger partial charge in [-0.3, -0.25) is 4.98 Å². The van der Waals surface area contributed by atoms with E-state index in [0.29, 0.717) is 12.1 Å². The molecule has 2 aromatic rings. The second-order valence-electron chi connectivity index (χ2n) is 3.21. The van der Waals surface area contributed by atoms with Crippen LogP contribution in [0.15, 0.2) is 42.7 Å². The lowest BCUT2D eigenvalue weighted by atomic mass is 10.0. The first-order valence-corrected chi connectivity index (χ1v) is 4.71. The van der Waals surface area contributed by atoms with Gasteiger partial charge in [-0.05, 0) is 29.3 Å². The van der Waals surface area contributed by atoms with Gasteiger partial charge in [0, 0.05) is 24.5 Å². The SMILES string of the molecule is NCc1cccc(F)c1-c1ccncc1. The van der Waals surface area contributed by atoms with E-state index in [0.717, 1.165) is 11.1 Å². The van der Waals surface area contributed by atoms with Crippen molar-refractivity contribution in [3.05, 3.63) is 54.1 Å². The normalized spacial score (nSPS) is 10.3. The molecule has 0 spiro atoms. The molecule has 0 unspecified atom stereocenters. The lowest BCUT2D eigenvalue weighted by Gasteiger charge is -2.08. The third kappa shape index (κ3) is 1.87. The van der Waals surface area contributed by atoms with Crippen LogP contribution in [-0.2, 0) is 6.54 Å². The molecule has 3 heteroatoms. The Balaban J connectivity index is 2.61. The van der Waals surface area contributed by atoms with Crippen LogP contribution in [0.5, 0.6) is 0 Å². The van der Waals surface area contributed by atoms with E-state index in [1.165, 1.54) is 6.07 Å². The van der Waals surface area contributed by atoms with Gasteiger partial charge in [-0.15, -0.1) is 0 Å². The molecule has 0 saturated carbocycles. The Bertz CT molecular complexity index is 454. The molecule has 15 heavy (non-hydrogen) atoms. The minimum Gasteiger partial charge on any atom is -0.326 e. The molecule has 0 bridgehead atoms. The molecule has 1 heterocycles. The van der Waals surface area contributed by atoms with Gasteiger partial charge in [0.2, 0.25) is 0 Å². The summed E-state index contributed by atoms with van der Waals surface area (Å²) in [5.41, 5.74) is 7.76. The maximum Gasteiger partial charge on any atom is 0.131 e. The number of aromatic nitrogens is 1. The maximum atomic E-state index is 13.6. The van der Waals surface area contributed by atoms with E-state index in [2.05, 4.69) is 4.98 Å². The van der Waals surface area contributed by atoms with Gasteiger partial charge in [-0.2, -0.15) is 0 Å². The zero-order valence-corrected chi connectivity index (χ0v) is 8.15. The Hall–Kier alpha value is -1.74. The third-order valence-corrected chi connectivity index (χ3v) is 2.29. The quantitative estimate of drug-likeness (QED) is 0.811. The van der Waals surface area contributed by atoms with Gasteiger partial charge in [0.15, 0.2) is 0 Å². The molecule has 76 valence electrons. The van der Waals surface area contributed by atoms with Crippen LogP contribution >= 0.6 is 0 Å². The zero-order valence-electron chi connectivity index (χ0n) is 8.15. The molecule has 2 nitrogen and oxygen atoms in total. The van der Waals surface area contributed by atoms with Crippen molar-refractivity contribution in [2.45, 2.75) is 6.54 Å². The molecule has 2 rings (SSSR count). The molecule has 0 saturated heterocycles. The molecular formula is C12H11FN2. The lowest BCUT2D eigenvalue weighted by molar-refractivity contribution is 0.629. The molecule has 0 amide bonds. The average molecular weight is 202 g/mol. The first kappa shape index (κ1) is 9.80. The number of benzene rings is 1. The van der Waals surface area contributed by atoms with E-state index in [1.807, 2.05) is 6.07 Å². The van der Waals surface area contributed by atoms with Crippen LogP contribution in [0.4, 0.5) is 4.39 Å². The van der Waals surface area contributed by atoms with Crippen molar-refractivity contribution in [2.24, 2.45) is 5.73 Å². The standard InChI is InChI=1S/C12H11FN2/c13-11-3-1-2-10(8-14)12(11)9-4-6-15-7-5-9/h1-7H,8,14H2. The Morgan fingerprint density at radius 1 is 1.13 bits per heavy atom. The number of halogens is 1. The van der Waals surface area contributed by atoms with Crippen LogP contribution < -0.4 is 5.73 Å². The summed E-state index contributed by atoms with van der Waals surface area (Å²) in [5, 5.41) is 0. The number of nitrogens with two attached hydrogens (primary N) is 1. The summed E-state index contributed by atoms with van der Waals surface area (Å²) in [7, 11) is 0. The molecule has 2 N–H and O–H groups in total. The fraction of sp³-hybridized carbons (Fsp3) is 0.0833. The molecular weight excluding hydrogens is 191 g/mol. The summed E-state index contributed by atoms with van der Waals surface area (Å²) >= 11 is 0. The first-order chi connectivity index (χ1) is 7.33. The number of rotatable bonds is 2. The second kappa shape index (κ2) is 4.19. The molecule has 1 aromatic heterocycles. The van der Waals surface area contributed by atoms with Gasteiger partial charge in [0.25, 0.3) is 0 Å². The van der Waals surface area contributed by atoms with Crippen molar-refractivity contribution in [1.29, 1.82) is 0 Å². The summed E-state index contributed by atoms with van der Waals surface area (Å²) in [6.07, 6.45) is 3.28. The second-order valence-corrected chi connectivity index (χ2v) is 3.21. The van der Waals surface area contributed by atoms with Crippen molar-refractivity contribution < 1.29 is 4.39 Å². The highest BCUT2D eigenvalue weighted by Crippen LogP contribution is 2.25. The van der Waals surface area contributed by atoms with Crippen LogP contribution in [0.2, 0.25) is 0 Å². The molecule has 1 aromatic carbocycles. The van der Waals surface area contributed by atoms with Crippen molar-refractivity contribution in [3.8, 4) is 11.1 Å². The van der Waals surface area contributed by atoms with Crippen LogP contribution in [0, 0.1) is 5.82 Å². The fourth-order valence-electron chi connectivity index (χ4n) is 1.58. The predicted octanol–water partition coefficient (Wildman–Crippen LogP) is 2.35. The smallest absolute Gasteiger partial charge is 0.131 e. The lowest BCUT2D eigenvalue weighted by Crippen LogP contribution is -2.00. The van der Waals surface area contributed by atoms with Gasteiger partial charge in [0.1, 0.15) is 5.82 Å². The largest absolute Gasteiger partial charge is 0.326 e. The predicted molar refractivity (Wildman–Crippen MR) is 57.5 cm³/mol. The number of pyridine rings is 1. The fourth-order valence-corrected chi connectivity index (χ4v) is 1.58. The summed E-state index contributed by atoms with van der Waals surface area (Å²) in [6, 6.07) is 8.49. The van der Waals surface area contributed by atoms with Crippen molar-refractivity contribution in [1.82, 2.24) is 4.98 Å². The molecule has 0 aliphatic carbocycles. The minimum absolute atomic E-state index is 0.246. The van der Waals surface area contributed by atoms with E-state index in [4.69, 9.17) is 5.73 Å². The highest BCUT2D eigenvalue weighted by molar-refractivity contribution is 5.67. The van der Waals surface area contributed by atoms with E-state index in [9.17, 15) is 4.39 Å². The summed E-state index contributed by atoms with van der Waals surface area (Å²) in [5.74, 6) is -0.246. The summed E-state index contributed by atoms with van der Waals surface area (Å²) < 4.78 is 13.6. The number of nitrogens with zero attached hydrogens (tertiary/aromatic N) is 1. The van der Waals surface area contributed by atoms with Gasteiger partial charge >= 0.3 is 0 Å². The van der Waals surface area contributed by atoms with Gasteiger partial charge in [-0.1, -0.05) is 12.1 Å². The van der Waals surface area contributed by atoms with Crippen LogP contribution in [0.25, 0.3) is 11.1 Å². The highest BCUT2D eigenvalue weighted by atomic mass is 19.1. The molecule has 0 radical (unpaired) electrons. The van der Waals surface area contributed by atoms with Crippen molar-refractivity contribution in [3.63, 3.8) is 0 Å². The minimum atomic E-state index is -0.246. The zero-order chi connectivity index (χ0) is 10.7. The van der Waals surface area contributed by atoms with E-state index >= 15 is 0 Å². The molecule has 0 atom stereocenters. The Morgan fingerprint density at radius 2 is 1.87 bits per heavy atom. The summed E-state index contributed by atoms with van der Waals surface area (Å²) in [6.45, 7) is 0.329. The Labute approximate surface area is 87.6 Å². The van der Waals surface area contributed by atoms with Crippen LogP contribution in [0.1, 0.15) is 5.56 Å². The van der Waals surface area contributed by atoms with E-state index < -0.39 is 0 Å². The highest BCUT2D eigenvalue weighted by Gasteiger charge is 2.08. The topological polar surface area (TPSA) is 38.9 Å². The monoisotopic (exact) mass is 202 g/mol. The maximum absolute atomic E-state index is 13.6. The van der Waals surface area contributed by atoms with Gasteiger partial charge in [-0.25, -0.2) is 4.39 Å². The third-order valence-electron chi connectivity index (χ3n) is 2.29. The van der Waals surface area contributed by atoms with Crippen molar-refractivity contribution in [2.75, 3.05) is 0 Å². The van der Waals surface area contributed by atoms with E-state index in [-0.39, 0.29) is 5.82 Å². The van der Waals surface area contributed by atoms with Crippen LogP contribution in [-0.4, -0.2) is 4.98 Å². The average Bonchev–Trinajstić information content (AvgIpc) is 2.29. The molecule has 0 aliphatic rings. The van der Waals surface area contributed by atoms with Crippen LogP contribution in [0.3, 0.4) is 0 Å². The summed E-state index contributed by atoms with van der Waals surface area (Å²) in [4.78, 5) is 3.90. The van der Waals surface area contributed by atoms with Crippen molar-refractivity contribution >= 4 is 0 Å². The molecule has 0 aliphatic heterocycles. The Kier molecular flexibility index (Phi) is 2.74. The number of hydrogen-bond donors (Lipinski definition) is 1. The first-order valence-electron chi connectivity index (χ1n) is 4.71. The van der Waals surface area contributed by atoms with Gasteiger partial charge in [0.05, 0.1) is 0 Å². The number of hydrogen-bond acceptors (Lipinski definition) is 2. The molecule has 0 fully saturated rings. The Morgan fingerprint density at radius 3 is 2.53 bits per heavy atom. The van der Waals surface area contributed by atoms with E-state index in [1.54, 1.807) is 30.6 Å². The van der Waals surface area contributed by atoms with Gasteiger partial charge < -0.3 is 5.73 Å².